The molecule has 2 heterocycles. The van der Waals surface area contributed by atoms with E-state index in [4.69, 9.17) is 9.94 Å². The van der Waals surface area contributed by atoms with Crippen LogP contribution in [0.1, 0.15) is 35.3 Å². The zero-order chi connectivity index (χ0) is 22.3. The van der Waals surface area contributed by atoms with Gasteiger partial charge in [-0.05, 0) is 43.2 Å². The quantitative estimate of drug-likeness (QED) is 0.421. The Balaban J connectivity index is 0.00000155. The molecule has 0 aliphatic heterocycles. The van der Waals surface area contributed by atoms with E-state index in [-0.39, 0.29) is 17.9 Å². The molecule has 0 fully saturated rings. The van der Waals surface area contributed by atoms with Gasteiger partial charge in [0.15, 0.2) is 0 Å². The van der Waals surface area contributed by atoms with E-state index in [1.807, 2.05) is 20.8 Å². The molecule has 3 rings (SSSR count). The van der Waals surface area contributed by atoms with Crippen molar-refractivity contribution in [2.45, 2.75) is 33.8 Å². The van der Waals surface area contributed by atoms with E-state index in [1.165, 1.54) is 17.4 Å². The molecule has 1 unspecified atom stereocenters. The fourth-order valence-corrected chi connectivity index (χ4v) is 3.76. The van der Waals surface area contributed by atoms with E-state index in [9.17, 15) is 14.3 Å². The van der Waals surface area contributed by atoms with Crippen LogP contribution in [0, 0.1) is 19.7 Å². The maximum atomic E-state index is 14.3. The number of pyridine rings is 1. The van der Waals surface area contributed by atoms with Crippen LogP contribution in [0.5, 0.6) is 0 Å². The second-order valence-corrected chi connectivity index (χ2v) is 7.30. The van der Waals surface area contributed by atoms with E-state index in [0.717, 1.165) is 11.1 Å². The van der Waals surface area contributed by atoms with Crippen molar-refractivity contribution in [1.82, 2.24) is 10.5 Å². The average Bonchev–Trinajstić information content (AvgIpc) is 3.11. The highest BCUT2D eigenvalue weighted by atomic mass is 32.1. The molecule has 0 bridgehead atoms. The van der Waals surface area contributed by atoms with Gasteiger partial charge in [0.1, 0.15) is 28.4 Å². The molecule has 4 N–H and O–H groups in total. The molecule has 0 aliphatic rings. The number of hydroxylamine groups is 1. The number of anilines is 2. The highest BCUT2D eigenvalue weighted by molar-refractivity contribution is 7.23. The number of aliphatic hydroxyl groups is 2. The summed E-state index contributed by atoms with van der Waals surface area (Å²) in [6, 6.07) is 6.54. The van der Waals surface area contributed by atoms with Gasteiger partial charge in [-0.15, -0.1) is 0 Å². The second-order valence-electron chi connectivity index (χ2n) is 6.30. The molecule has 1 amide bonds. The van der Waals surface area contributed by atoms with Gasteiger partial charge in [-0.25, -0.2) is 14.9 Å². The Labute approximate surface area is 178 Å². The van der Waals surface area contributed by atoms with E-state index >= 15 is 0 Å². The van der Waals surface area contributed by atoms with Crippen molar-refractivity contribution in [3.8, 4) is 0 Å². The Kier molecular flexibility index (Phi) is 8.67. The van der Waals surface area contributed by atoms with Crippen molar-refractivity contribution in [1.29, 1.82) is 0 Å². The maximum Gasteiger partial charge on any atom is 0.278 e. The van der Waals surface area contributed by atoms with Gasteiger partial charge in [0, 0.05) is 11.6 Å². The Morgan fingerprint density at radius 1 is 1.30 bits per heavy atom. The molecule has 0 saturated heterocycles. The van der Waals surface area contributed by atoms with Gasteiger partial charge in [-0.2, -0.15) is 0 Å². The monoisotopic (exact) mass is 435 g/mol. The summed E-state index contributed by atoms with van der Waals surface area (Å²) in [5, 5.41) is 22.2. The van der Waals surface area contributed by atoms with Crippen LogP contribution in [0.4, 0.5) is 15.1 Å². The van der Waals surface area contributed by atoms with Crippen LogP contribution in [0.15, 0.2) is 30.5 Å². The first-order chi connectivity index (χ1) is 14.4. The smallest absolute Gasteiger partial charge is 0.278 e. The minimum Gasteiger partial charge on any atom is -0.394 e. The third-order valence-corrected chi connectivity index (χ3v) is 5.06. The van der Waals surface area contributed by atoms with Gasteiger partial charge in [0.05, 0.1) is 17.9 Å². The van der Waals surface area contributed by atoms with Crippen molar-refractivity contribution >= 4 is 38.1 Å². The van der Waals surface area contributed by atoms with Crippen LogP contribution in [0.25, 0.3) is 10.2 Å². The SMILES string of the molecule is CC.Cc1ccc(Nc2sc3nccc(C)c3c2C(=O)NOCC(O)CO)c(F)c1. The van der Waals surface area contributed by atoms with Crippen LogP contribution in [0.2, 0.25) is 0 Å². The fourth-order valence-electron chi connectivity index (χ4n) is 2.63. The molecule has 3 aromatic rings. The molecule has 2 aromatic heterocycles. The molecule has 0 radical (unpaired) electrons. The van der Waals surface area contributed by atoms with Crippen molar-refractivity contribution in [2.24, 2.45) is 0 Å². The highest BCUT2D eigenvalue weighted by Gasteiger charge is 2.22. The first kappa shape index (κ1) is 23.7. The number of aryl methyl sites for hydroxylation is 2. The number of fused-ring (bicyclic) bond motifs is 1. The molecule has 7 nitrogen and oxygen atoms in total. The van der Waals surface area contributed by atoms with Crippen molar-refractivity contribution < 1.29 is 24.2 Å². The number of hydrogen-bond acceptors (Lipinski definition) is 7. The summed E-state index contributed by atoms with van der Waals surface area (Å²) in [5.74, 6) is -1.00. The normalized spacial score (nSPS) is 11.6. The predicted octanol–water partition coefficient (Wildman–Crippen LogP) is 3.84. The molecule has 0 saturated carbocycles. The van der Waals surface area contributed by atoms with Crippen LogP contribution >= 0.6 is 11.3 Å². The number of carbonyl (C=O) groups is 1. The summed E-state index contributed by atoms with van der Waals surface area (Å²) in [4.78, 5) is 22.7. The van der Waals surface area contributed by atoms with E-state index in [1.54, 1.807) is 31.3 Å². The second kappa shape index (κ2) is 11.0. The summed E-state index contributed by atoms with van der Waals surface area (Å²) in [6.07, 6.45) is 0.530. The topological polar surface area (TPSA) is 104 Å². The highest BCUT2D eigenvalue weighted by Crippen LogP contribution is 2.38. The summed E-state index contributed by atoms with van der Waals surface area (Å²) in [5.41, 5.74) is 4.37. The predicted molar refractivity (Wildman–Crippen MR) is 117 cm³/mol. The van der Waals surface area contributed by atoms with E-state index < -0.39 is 24.4 Å². The number of carbonyl (C=O) groups excluding carboxylic acids is 1. The van der Waals surface area contributed by atoms with Gasteiger partial charge < -0.3 is 15.5 Å². The van der Waals surface area contributed by atoms with Crippen LogP contribution < -0.4 is 10.8 Å². The van der Waals surface area contributed by atoms with Crippen LogP contribution in [0.3, 0.4) is 0 Å². The molecule has 1 atom stereocenters. The summed E-state index contributed by atoms with van der Waals surface area (Å²) in [7, 11) is 0. The first-order valence-electron chi connectivity index (χ1n) is 9.53. The molecule has 0 aliphatic carbocycles. The van der Waals surface area contributed by atoms with Crippen molar-refractivity contribution in [2.75, 3.05) is 18.5 Å². The molecule has 162 valence electrons. The first-order valence-corrected chi connectivity index (χ1v) is 10.3. The lowest BCUT2D eigenvalue weighted by atomic mass is 10.1. The molecular weight excluding hydrogens is 409 g/mol. The van der Waals surface area contributed by atoms with Crippen molar-refractivity contribution in [3.63, 3.8) is 0 Å². The standard InChI is InChI=1S/C19H20FN3O4S.C2H6/c1-10-3-4-14(13(20)7-10)22-19-16(17(26)23-27-9-12(25)8-24)15-11(2)5-6-21-18(15)28-19;1-2/h3-7,12,22,24-25H,8-9H2,1-2H3,(H,23,26);1-2H3. The zero-order valence-electron chi connectivity index (χ0n) is 17.3. The fraction of sp³-hybridized carbons (Fsp3) is 0.333. The van der Waals surface area contributed by atoms with Gasteiger partial charge in [-0.1, -0.05) is 31.3 Å². The number of aromatic nitrogens is 1. The largest absolute Gasteiger partial charge is 0.394 e. The van der Waals surface area contributed by atoms with E-state index in [2.05, 4.69) is 15.8 Å². The number of nitrogens with one attached hydrogen (secondary N) is 2. The molecule has 1 aromatic carbocycles. The van der Waals surface area contributed by atoms with E-state index in [0.29, 0.717) is 15.2 Å². The lowest BCUT2D eigenvalue weighted by Crippen LogP contribution is -2.30. The molecule has 30 heavy (non-hydrogen) atoms. The Morgan fingerprint density at radius 3 is 2.70 bits per heavy atom. The molecule has 9 heteroatoms. The molecule has 0 spiro atoms. The Bertz CT molecular complexity index is 1010. The number of benzene rings is 1. The molecular formula is C21H26FN3O4S. The summed E-state index contributed by atoms with van der Waals surface area (Å²) in [6.45, 7) is 6.88. The van der Waals surface area contributed by atoms with Crippen LogP contribution in [-0.2, 0) is 4.84 Å². The minimum absolute atomic E-state index is 0.237. The number of nitrogens with zero attached hydrogens (tertiary/aromatic N) is 1. The number of amides is 1. The van der Waals surface area contributed by atoms with Gasteiger partial charge in [0.2, 0.25) is 0 Å². The third-order valence-electron chi connectivity index (χ3n) is 4.05. The summed E-state index contributed by atoms with van der Waals surface area (Å²) < 4.78 is 14.3. The summed E-state index contributed by atoms with van der Waals surface area (Å²) >= 11 is 1.22. The van der Waals surface area contributed by atoms with Crippen molar-refractivity contribution in [3.05, 3.63) is 53.0 Å². The van der Waals surface area contributed by atoms with Gasteiger partial charge >= 0.3 is 0 Å². The number of thiophene rings is 1. The average molecular weight is 436 g/mol. The van der Waals surface area contributed by atoms with Gasteiger partial charge in [-0.3, -0.25) is 9.63 Å². The Hall–Kier alpha value is -2.59. The number of rotatable bonds is 7. The Morgan fingerprint density at radius 2 is 2.03 bits per heavy atom. The lowest BCUT2D eigenvalue weighted by molar-refractivity contribution is -0.0294. The maximum absolute atomic E-state index is 14.3. The zero-order valence-corrected chi connectivity index (χ0v) is 18.1. The number of hydrogen-bond donors (Lipinski definition) is 4. The number of halogens is 1. The van der Waals surface area contributed by atoms with Crippen LogP contribution in [-0.4, -0.2) is 40.4 Å². The third kappa shape index (κ3) is 5.51. The number of aliphatic hydroxyl groups excluding tert-OH is 2. The van der Waals surface area contributed by atoms with Gasteiger partial charge in [0.25, 0.3) is 5.91 Å². The minimum atomic E-state index is -1.11. The lowest BCUT2D eigenvalue weighted by Gasteiger charge is -2.11.